The number of rotatable bonds is 3. The summed E-state index contributed by atoms with van der Waals surface area (Å²) in [5, 5.41) is 8.35. The molecule has 4 nitrogen and oxygen atoms in total. The van der Waals surface area contributed by atoms with Crippen LogP contribution >= 0.6 is 11.6 Å². The number of hydrogen-bond acceptors (Lipinski definition) is 3. The fourth-order valence-corrected chi connectivity index (χ4v) is 2.10. The second kappa shape index (κ2) is 5.54. The van der Waals surface area contributed by atoms with Crippen LogP contribution in [0.3, 0.4) is 0 Å². The lowest BCUT2D eigenvalue weighted by molar-refractivity contribution is 0.414. The lowest BCUT2D eigenvalue weighted by Gasteiger charge is -2.02. The largest absolute Gasteiger partial charge is 0.497 e. The van der Waals surface area contributed by atoms with Crippen LogP contribution in [0.1, 0.15) is 0 Å². The van der Waals surface area contributed by atoms with Gasteiger partial charge in [-0.1, -0.05) is 16.8 Å². The highest BCUT2D eigenvalue weighted by Gasteiger charge is 2.10. The average Bonchev–Trinajstić information content (AvgIpc) is 2.97. The molecule has 1 aromatic heterocycles. The number of hydrogen-bond donors (Lipinski definition) is 0. The molecule has 0 radical (unpaired) electrons. The van der Waals surface area contributed by atoms with Gasteiger partial charge >= 0.3 is 0 Å². The van der Waals surface area contributed by atoms with Crippen LogP contribution in [0.25, 0.3) is 16.9 Å². The lowest BCUT2D eigenvalue weighted by Crippen LogP contribution is -1.94. The van der Waals surface area contributed by atoms with Crippen molar-refractivity contribution in [3.05, 3.63) is 59.5 Å². The van der Waals surface area contributed by atoms with Gasteiger partial charge in [0.05, 0.1) is 19.0 Å². The lowest BCUT2D eigenvalue weighted by atomic mass is 10.1. The monoisotopic (exact) mass is 303 g/mol. The summed E-state index contributed by atoms with van der Waals surface area (Å²) in [4.78, 5) is 0. The van der Waals surface area contributed by atoms with Gasteiger partial charge in [-0.25, -0.2) is 9.07 Å². The van der Waals surface area contributed by atoms with Gasteiger partial charge in [0.25, 0.3) is 0 Å². The second-order valence-electron chi connectivity index (χ2n) is 4.37. The van der Waals surface area contributed by atoms with E-state index in [0.717, 1.165) is 11.4 Å². The highest BCUT2D eigenvalue weighted by molar-refractivity contribution is 6.30. The van der Waals surface area contributed by atoms with E-state index in [1.807, 2.05) is 24.3 Å². The predicted molar refractivity (Wildman–Crippen MR) is 78.3 cm³/mol. The van der Waals surface area contributed by atoms with Crippen LogP contribution in [-0.2, 0) is 0 Å². The summed E-state index contributed by atoms with van der Waals surface area (Å²) in [6.45, 7) is 0. The Hall–Kier alpha value is -2.40. The Morgan fingerprint density at radius 2 is 1.90 bits per heavy atom. The number of ether oxygens (including phenoxy) is 1. The van der Waals surface area contributed by atoms with Crippen molar-refractivity contribution in [3.8, 4) is 22.7 Å². The quantitative estimate of drug-likeness (QED) is 0.740. The van der Waals surface area contributed by atoms with Gasteiger partial charge in [-0.3, -0.25) is 0 Å². The molecule has 3 rings (SSSR count). The summed E-state index contributed by atoms with van der Waals surface area (Å²) in [5.74, 6) is 0.326. The van der Waals surface area contributed by atoms with E-state index < -0.39 is 5.82 Å². The van der Waals surface area contributed by atoms with Crippen LogP contribution in [0, 0.1) is 5.82 Å². The molecule has 0 spiro atoms. The third-order valence-electron chi connectivity index (χ3n) is 3.04. The van der Waals surface area contributed by atoms with Gasteiger partial charge in [0.15, 0.2) is 0 Å². The molecule has 3 aromatic rings. The normalized spacial score (nSPS) is 10.6. The molecule has 6 heteroatoms. The molecular weight excluding hydrogens is 293 g/mol. The van der Waals surface area contributed by atoms with E-state index in [4.69, 9.17) is 16.3 Å². The first-order chi connectivity index (χ1) is 10.2. The smallest absolute Gasteiger partial charge is 0.134 e. The first kappa shape index (κ1) is 13.6. The molecule has 0 amide bonds. The first-order valence-corrected chi connectivity index (χ1v) is 6.57. The van der Waals surface area contributed by atoms with E-state index in [-0.39, 0.29) is 0 Å². The zero-order valence-electron chi connectivity index (χ0n) is 11.1. The van der Waals surface area contributed by atoms with Gasteiger partial charge in [0.2, 0.25) is 0 Å². The number of halogens is 2. The van der Waals surface area contributed by atoms with Crippen LogP contribution in [0.15, 0.2) is 48.7 Å². The minimum atomic E-state index is -0.427. The van der Waals surface area contributed by atoms with E-state index in [9.17, 15) is 4.39 Å². The predicted octanol–water partition coefficient (Wildman–Crippen LogP) is 3.74. The van der Waals surface area contributed by atoms with E-state index in [0.29, 0.717) is 16.3 Å². The van der Waals surface area contributed by atoms with Crippen LogP contribution in [0.2, 0.25) is 5.02 Å². The Labute approximate surface area is 125 Å². The van der Waals surface area contributed by atoms with E-state index in [1.54, 1.807) is 30.1 Å². The van der Waals surface area contributed by atoms with Gasteiger partial charge in [-0.2, -0.15) is 0 Å². The van der Waals surface area contributed by atoms with Crippen molar-refractivity contribution in [2.24, 2.45) is 0 Å². The molecule has 0 saturated heterocycles. The Kier molecular flexibility index (Phi) is 3.58. The molecule has 0 unspecified atom stereocenters. The molecule has 106 valence electrons. The van der Waals surface area contributed by atoms with Gasteiger partial charge in [0, 0.05) is 10.6 Å². The highest BCUT2D eigenvalue weighted by Crippen LogP contribution is 2.24. The third kappa shape index (κ3) is 2.73. The Bertz CT molecular complexity index is 771. The third-order valence-corrected chi connectivity index (χ3v) is 3.27. The Morgan fingerprint density at radius 1 is 1.14 bits per heavy atom. The average molecular weight is 304 g/mol. The molecule has 1 heterocycles. The van der Waals surface area contributed by atoms with Gasteiger partial charge < -0.3 is 4.74 Å². The molecule has 0 N–H and O–H groups in total. The van der Waals surface area contributed by atoms with Crippen molar-refractivity contribution < 1.29 is 9.13 Å². The number of methoxy groups -OCH3 is 1. The van der Waals surface area contributed by atoms with Crippen molar-refractivity contribution in [1.29, 1.82) is 0 Å². The standard InChI is InChI=1S/C15H11ClFN3O/c1-21-12-5-3-11(4-6-12)20-9-15(18-19-20)13-7-2-10(16)8-14(13)17/h2-9H,1H3. The summed E-state index contributed by atoms with van der Waals surface area (Å²) in [7, 11) is 1.60. The number of benzene rings is 2. The van der Waals surface area contributed by atoms with Crippen LogP contribution < -0.4 is 4.74 Å². The molecule has 0 aliphatic rings. The van der Waals surface area contributed by atoms with E-state index >= 15 is 0 Å². The molecule has 2 aromatic carbocycles. The van der Waals surface area contributed by atoms with Crippen LogP contribution in [-0.4, -0.2) is 22.1 Å². The van der Waals surface area contributed by atoms with Gasteiger partial charge in [-0.15, -0.1) is 5.10 Å². The van der Waals surface area contributed by atoms with Crippen LogP contribution in [0.5, 0.6) is 5.75 Å². The number of nitrogens with zero attached hydrogens (tertiary/aromatic N) is 3. The Morgan fingerprint density at radius 3 is 2.57 bits per heavy atom. The first-order valence-electron chi connectivity index (χ1n) is 6.19. The molecular formula is C15H11ClFN3O. The fourth-order valence-electron chi connectivity index (χ4n) is 1.95. The highest BCUT2D eigenvalue weighted by atomic mass is 35.5. The summed E-state index contributed by atoms with van der Waals surface area (Å²) in [6.07, 6.45) is 1.66. The van der Waals surface area contributed by atoms with Gasteiger partial charge in [-0.05, 0) is 42.5 Å². The summed E-state index contributed by atoms with van der Waals surface area (Å²) >= 11 is 5.74. The molecule has 0 aliphatic heterocycles. The zero-order valence-corrected chi connectivity index (χ0v) is 11.9. The maximum Gasteiger partial charge on any atom is 0.134 e. The molecule has 0 saturated carbocycles. The minimum absolute atomic E-state index is 0.346. The molecule has 0 atom stereocenters. The van der Waals surface area contributed by atoms with Crippen LogP contribution in [0.4, 0.5) is 4.39 Å². The minimum Gasteiger partial charge on any atom is -0.497 e. The summed E-state index contributed by atoms with van der Waals surface area (Å²) < 4.78 is 20.5. The van der Waals surface area contributed by atoms with Crippen molar-refractivity contribution in [2.75, 3.05) is 7.11 Å². The SMILES string of the molecule is COc1ccc(-n2cc(-c3ccc(Cl)cc3F)nn2)cc1. The maximum absolute atomic E-state index is 13.9. The molecule has 21 heavy (non-hydrogen) atoms. The second-order valence-corrected chi connectivity index (χ2v) is 4.81. The van der Waals surface area contributed by atoms with Crippen molar-refractivity contribution >= 4 is 11.6 Å². The van der Waals surface area contributed by atoms with Gasteiger partial charge in [0.1, 0.15) is 17.3 Å². The van der Waals surface area contributed by atoms with E-state index in [1.165, 1.54) is 6.07 Å². The van der Waals surface area contributed by atoms with Crippen molar-refractivity contribution in [1.82, 2.24) is 15.0 Å². The van der Waals surface area contributed by atoms with Crippen molar-refractivity contribution in [2.45, 2.75) is 0 Å². The zero-order chi connectivity index (χ0) is 14.8. The molecule has 0 bridgehead atoms. The van der Waals surface area contributed by atoms with Crippen molar-refractivity contribution in [3.63, 3.8) is 0 Å². The number of aromatic nitrogens is 3. The summed E-state index contributed by atoms with van der Waals surface area (Å²) in [6, 6.07) is 11.8. The fraction of sp³-hybridized carbons (Fsp3) is 0.0667. The maximum atomic E-state index is 13.9. The Balaban J connectivity index is 1.95. The molecule has 0 aliphatic carbocycles. The summed E-state index contributed by atoms with van der Waals surface area (Å²) in [5.41, 5.74) is 1.61. The topological polar surface area (TPSA) is 39.9 Å². The van der Waals surface area contributed by atoms with E-state index in [2.05, 4.69) is 10.3 Å². The molecule has 0 fully saturated rings.